The maximum Gasteiger partial charge on any atom is 0.261 e. The third-order valence-electron chi connectivity index (χ3n) is 5.87. The monoisotopic (exact) mass is 540 g/mol. The second-order valence-corrected chi connectivity index (χ2v) is 11.7. The highest BCUT2D eigenvalue weighted by atomic mass is 32.2. The Bertz CT molecular complexity index is 1620. The van der Waals surface area contributed by atoms with Gasteiger partial charge < -0.3 is 9.47 Å². The number of rotatable bonds is 10. The molecule has 4 aromatic carbocycles. The average Bonchev–Trinajstić information content (AvgIpc) is 2.90. The molecule has 0 aromatic heterocycles. The van der Waals surface area contributed by atoms with Gasteiger partial charge in [-0.3, -0.25) is 9.44 Å². The molecule has 8 nitrogen and oxygen atoms in total. The van der Waals surface area contributed by atoms with Crippen LogP contribution in [0.1, 0.15) is 18.9 Å². The third kappa shape index (κ3) is 5.65. The summed E-state index contributed by atoms with van der Waals surface area (Å²) in [6.07, 6.45) is 1.25. The Labute approximate surface area is 217 Å². The quantitative estimate of drug-likeness (QED) is 0.278. The Morgan fingerprint density at radius 3 is 1.65 bits per heavy atom. The molecular weight excluding hydrogens is 512 g/mol. The van der Waals surface area contributed by atoms with Gasteiger partial charge in [-0.15, -0.1) is 0 Å². The first-order valence-electron chi connectivity index (χ1n) is 11.6. The summed E-state index contributed by atoms with van der Waals surface area (Å²) in [6.45, 7) is 1.97. The van der Waals surface area contributed by atoms with Crippen LogP contribution >= 0.6 is 0 Å². The lowest BCUT2D eigenvalue weighted by Crippen LogP contribution is -2.16. The minimum atomic E-state index is -3.92. The normalized spacial score (nSPS) is 11.8. The Balaban J connectivity index is 1.79. The molecule has 0 saturated heterocycles. The van der Waals surface area contributed by atoms with Gasteiger partial charge in [0, 0.05) is 10.8 Å². The summed E-state index contributed by atoms with van der Waals surface area (Å²) in [5.41, 5.74) is 1.45. The molecule has 0 aliphatic rings. The highest BCUT2D eigenvalue weighted by molar-refractivity contribution is 7.93. The standard InChI is InChI=1S/C27H28N2O6S2/c1-4-7-19-18-26(28-36(30,31)22-14-10-20(34-2)11-15-22)24-8-5-6-9-25(24)27(19)29-37(32,33)23-16-12-21(35-3)13-17-23/h5-6,8-18,28-29H,4,7H2,1-3H3. The molecule has 0 unspecified atom stereocenters. The molecule has 0 spiro atoms. The lowest BCUT2D eigenvalue weighted by atomic mass is 10.00. The smallest absolute Gasteiger partial charge is 0.261 e. The second-order valence-electron chi connectivity index (χ2n) is 8.32. The zero-order valence-corrected chi connectivity index (χ0v) is 22.3. The van der Waals surface area contributed by atoms with Crippen LogP contribution in [-0.4, -0.2) is 31.1 Å². The minimum Gasteiger partial charge on any atom is -0.497 e. The van der Waals surface area contributed by atoms with Gasteiger partial charge in [0.1, 0.15) is 11.5 Å². The number of nitrogens with one attached hydrogen (secondary N) is 2. The SMILES string of the molecule is CCCc1cc(NS(=O)(=O)c2ccc(OC)cc2)c2ccccc2c1NS(=O)(=O)c1ccc(OC)cc1. The summed E-state index contributed by atoms with van der Waals surface area (Å²) in [5, 5.41) is 1.14. The predicted octanol–water partition coefficient (Wildman–Crippen LogP) is 5.41. The highest BCUT2D eigenvalue weighted by Gasteiger charge is 2.22. The second kappa shape index (κ2) is 10.7. The number of sulfonamides is 2. The topological polar surface area (TPSA) is 111 Å². The fraction of sp³-hybridized carbons (Fsp3) is 0.185. The van der Waals surface area contributed by atoms with Crippen LogP contribution in [-0.2, 0) is 26.5 Å². The molecule has 0 aliphatic carbocycles. The van der Waals surface area contributed by atoms with Crippen LogP contribution in [0.4, 0.5) is 11.4 Å². The number of hydrogen-bond donors (Lipinski definition) is 2. The van der Waals surface area contributed by atoms with Gasteiger partial charge in [0.05, 0.1) is 35.4 Å². The molecule has 0 atom stereocenters. The molecule has 194 valence electrons. The molecule has 10 heteroatoms. The molecule has 0 heterocycles. The van der Waals surface area contributed by atoms with E-state index in [1.54, 1.807) is 54.6 Å². The number of methoxy groups -OCH3 is 2. The van der Waals surface area contributed by atoms with E-state index in [-0.39, 0.29) is 9.79 Å². The van der Waals surface area contributed by atoms with Crippen molar-refractivity contribution in [3.8, 4) is 11.5 Å². The van der Waals surface area contributed by atoms with Gasteiger partial charge in [-0.25, -0.2) is 16.8 Å². The average molecular weight is 541 g/mol. The van der Waals surface area contributed by atoms with Crippen molar-refractivity contribution < 1.29 is 26.3 Å². The van der Waals surface area contributed by atoms with E-state index in [2.05, 4.69) is 9.44 Å². The zero-order chi connectivity index (χ0) is 26.6. The summed E-state index contributed by atoms with van der Waals surface area (Å²) >= 11 is 0. The molecule has 0 fully saturated rings. The van der Waals surface area contributed by atoms with Crippen molar-refractivity contribution in [2.45, 2.75) is 29.6 Å². The largest absolute Gasteiger partial charge is 0.497 e. The van der Waals surface area contributed by atoms with Crippen molar-refractivity contribution in [1.29, 1.82) is 0 Å². The number of anilines is 2. The van der Waals surface area contributed by atoms with Crippen LogP contribution in [0.2, 0.25) is 0 Å². The van der Waals surface area contributed by atoms with Crippen molar-refractivity contribution in [3.05, 3.63) is 84.4 Å². The summed E-state index contributed by atoms with van der Waals surface area (Å²) in [5.74, 6) is 1.09. The molecular formula is C27H28N2O6S2. The first kappa shape index (κ1) is 26.3. The first-order valence-corrected chi connectivity index (χ1v) is 14.5. The maximum atomic E-state index is 13.3. The van der Waals surface area contributed by atoms with Gasteiger partial charge in [0.15, 0.2) is 0 Å². The molecule has 0 radical (unpaired) electrons. The predicted molar refractivity (Wildman–Crippen MR) is 146 cm³/mol. The van der Waals surface area contributed by atoms with E-state index < -0.39 is 20.0 Å². The van der Waals surface area contributed by atoms with Gasteiger partial charge in [0.25, 0.3) is 20.0 Å². The van der Waals surface area contributed by atoms with Gasteiger partial charge >= 0.3 is 0 Å². The van der Waals surface area contributed by atoms with E-state index in [0.717, 1.165) is 6.42 Å². The van der Waals surface area contributed by atoms with Gasteiger partial charge in [-0.05, 0) is 66.6 Å². The molecule has 4 aromatic rings. The van der Waals surface area contributed by atoms with Crippen molar-refractivity contribution >= 4 is 42.2 Å². The Morgan fingerprint density at radius 1 is 0.676 bits per heavy atom. The number of hydrogen-bond acceptors (Lipinski definition) is 6. The van der Waals surface area contributed by atoms with E-state index in [0.29, 0.717) is 45.6 Å². The van der Waals surface area contributed by atoms with Crippen LogP contribution in [0, 0.1) is 0 Å². The Morgan fingerprint density at radius 2 is 1.16 bits per heavy atom. The van der Waals surface area contributed by atoms with Gasteiger partial charge in [-0.1, -0.05) is 37.6 Å². The fourth-order valence-corrected chi connectivity index (χ4v) is 6.20. The van der Waals surface area contributed by atoms with E-state index in [1.165, 1.54) is 38.5 Å². The summed E-state index contributed by atoms with van der Waals surface area (Å²) in [4.78, 5) is 0.169. The number of aryl methyl sites for hydroxylation is 1. The van der Waals surface area contributed by atoms with E-state index in [1.807, 2.05) is 6.92 Å². The summed E-state index contributed by atoms with van der Waals surface area (Å²) < 4.78 is 68.6. The first-order chi connectivity index (χ1) is 17.7. The van der Waals surface area contributed by atoms with Crippen LogP contribution in [0.3, 0.4) is 0 Å². The van der Waals surface area contributed by atoms with Crippen molar-refractivity contribution in [2.75, 3.05) is 23.7 Å². The molecule has 0 saturated carbocycles. The maximum absolute atomic E-state index is 13.3. The Hall–Kier alpha value is -3.76. The molecule has 4 rings (SSSR count). The lowest BCUT2D eigenvalue weighted by Gasteiger charge is -2.19. The van der Waals surface area contributed by atoms with E-state index in [9.17, 15) is 16.8 Å². The van der Waals surface area contributed by atoms with E-state index >= 15 is 0 Å². The van der Waals surface area contributed by atoms with Crippen molar-refractivity contribution in [1.82, 2.24) is 0 Å². The molecule has 0 bridgehead atoms. The summed E-state index contributed by atoms with van der Waals surface area (Å²) in [6, 6.07) is 21.0. The van der Waals surface area contributed by atoms with Crippen LogP contribution in [0.5, 0.6) is 11.5 Å². The summed E-state index contributed by atoms with van der Waals surface area (Å²) in [7, 11) is -4.82. The lowest BCUT2D eigenvalue weighted by molar-refractivity contribution is 0.414. The minimum absolute atomic E-state index is 0.0821. The van der Waals surface area contributed by atoms with Crippen LogP contribution in [0.15, 0.2) is 88.7 Å². The number of benzene rings is 4. The zero-order valence-electron chi connectivity index (χ0n) is 20.7. The molecule has 37 heavy (non-hydrogen) atoms. The number of fused-ring (bicyclic) bond motifs is 1. The van der Waals surface area contributed by atoms with Crippen molar-refractivity contribution in [2.24, 2.45) is 0 Å². The molecule has 0 aliphatic heterocycles. The Kier molecular flexibility index (Phi) is 7.60. The van der Waals surface area contributed by atoms with Crippen LogP contribution < -0.4 is 18.9 Å². The van der Waals surface area contributed by atoms with Crippen molar-refractivity contribution in [3.63, 3.8) is 0 Å². The number of ether oxygens (including phenoxy) is 2. The highest BCUT2D eigenvalue weighted by Crippen LogP contribution is 2.37. The van der Waals surface area contributed by atoms with Crippen LogP contribution in [0.25, 0.3) is 10.8 Å². The van der Waals surface area contributed by atoms with E-state index in [4.69, 9.17) is 9.47 Å². The van der Waals surface area contributed by atoms with Gasteiger partial charge in [0.2, 0.25) is 0 Å². The van der Waals surface area contributed by atoms with Gasteiger partial charge in [-0.2, -0.15) is 0 Å². The molecule has 0 amide bonds. The third-order valence-corrected chi connectivity index (χ3v) is 8.61. The fourth-order valence-electron chi connectivity index (χ4n) is 4.01. The molecule has 2 N–H and O–H groups in total.